The molecule has 0 saturated heterocycles. The highest BCUT2D eigenvalue weighted by Gasteiger charge is 2.38. The number of anilines is 2. The highest BCUT2D eigenvalue weighted by molar-refractivity contribution is 7.18. The Morgan fingerprint density at radius 3 is 2.04 bits per heavy atom. The highest BCUT2D eigenvalue weighted by Crippen LogP contribution is 2.43. The van der Waals surface area contributed by atoms with Gasteiger partial charge in [-0.3, -0.25) is 20.2 Å². The van der Waals surface area contributed by atoms with Gasteiger partial charge < -0.3 is 5.32 Å². The standard InChI is InChI=1S/C15H8F3N5O4S/c16-15(17,18)9-6-10(22(24)25)12(11(7-9)23(26)27)19-14-21-20-13(28-14)8-4-2-1-3-5-8/h1-7H,(H,19,21). The third-order valence-corrected chi connectivity index (χ3v) is 4.38. The van der Waals surface area contributed by atoms with Gasteiger partial charge >= 0.3 is 6.18 Å². The number of halogens is 3. The van der Waals surface area contributed by atoms with E-state index in [0.717, 1.165) is 11.3 Å². The smallest absolute Gasteiger partial charge is 0.319 e. The monoisotopic (exact) mass is 411 g/mol. The van der Waals surface area contributed by atoms with E-state index in [9.17, 15) is 33.4 Å². The molecule has 0 unspecified atom stereocenters. The summed E-state index contributed by atoms with van der Waals surface area (Å²) in [5.41, 5.74) is -3.72. The summed E-state index contributed by atoms with van der Waals surface area (Å²) in [5, 5.41) is 32.8. The quantitative estimate of drug-likeness (QED) is 0.473. The average molecular weight is 411 g/mol. The van der Waals surface area contributed by atoms with Crippen molar-refractivity contribution in [3.63, 3.8) is 0 Å². The molecule has 9 nitrogen and oxygen atoms in total. The van der Waals surface area contributed by atoms with Crippen LogP contribution in [0.25, 0.3) is 10.6 Å². The van der Waals surface area contributed by atoms with E-state index in [0.29, 0.717) is 10.6 Å². The summed E-state index contributed by atoms with van der Waals surface area (Å²) in [6.45, 7) is 0. The third-order valence-electron chi connectivity index (χ3n) is 3.50. The number of nitrogens with one attached hydrogen (secondary N) is 1. The van der Waals surface area contributed by atoms with E-state index in [1.807, 2.05) is 0 Å². The number of rotatable bonds is 5. The summed E-state index contributed by atoms with van der Waals surface area (Å²) >= 11 is 0.931. The van der Waals surface area contributed by atoms with Gasteiger partial charge in [0, 0.05) is 17.7 Å². The van der Waals surface area contributed by atoms with Gasteiger partial charge in [0.05, 0.1) is 15.4 Å². The Bertz CT molecular complexity index is 1020. The Labute approximate surface area is 157 Å². The fourth-order valence-electron chi connectivity index (χ4n) is 2.27. The summed E-state index contributed by atoms with van der Waals surface area (Å²) < 4.78 is 38.8. The molecule has 2 aromatic carbocycles. The minimum absolute atomic E-state index is 0.0511. The second kappa shape index (κ2) is 7.19. The van der Waals surface area contributed by atoms with Crippen molar-refractivity contribution in [1.29, 1.82) is 0 Å². The molecule has 0 bridgehead atoms. The van der Waals surface area contributed by atoms with Crippen LogP contribution in [0.15, 0.2) is 42.5 Å². The highest BCUT2D eigenvalue weighted by atomic mass is 32.1. The topological polar surface area (TPSA) is 124 Å². The van der Waals surface area contributed by atoms with E-state index in [2.05, 4.69) is 15.5 Å². The Morgan fingerprint density at radius 1 is 0.964 bits per heavy atom. The van der Waals surface area contributed by atoms with Crippen LogP contribution in [0.5, 0.6) is 0 Å². The van der Waals surface area contributed by atoms with E-state index in [1.54, 1.807) is 30.3 Å². The number of nitrogens with zero attached hydrogens (tertiary/aromatic N) is 4. The molecular weight excluding hydrogens is 403 g/mol. The van der Waals surface area contributed by atoms with Gasteiger partial charge in [0.25, 0.3) is 11.4 Å². The van der Waals surface area contributed by atoms with Crippen molar-refractivity contribution in [2.24, 2.45) is 0 Å². The molecular formula is C15H8F3N5O4S. The second-order valence-electron chi connectivity index (χ2n) is 5.30. The van der Waals surface area contributed by atoms with Crippen LogP contribution in [0, 0.1) is 20.2 Å². The first-order chi connectivity index (χ1) is 13.2. The molecule has 0 radical (unpaired) electrons. The summed E-state index contributed by atoms with van der Waals surface area (Å²) in [7, 11) is 0. The van der Waals surface area contributed by atoms with Gasteiger partial charge in [-0.15, -0.1) is 10.2 Å². The van der Waals surface area contributed by atoms with Crippen molar-refractivity contribution < 1.29 is 23.0 Å². The van der Waals surface area contributed by atoms with Crippen LogP contribution in [0.3, 0.4) is 0 Å². The van der Waals surface area contributed by atoms with E-state index >= 15 is 0 Å². The summed E-state index contributed by atoms with van der Waals surface area (Å²) in [6.07, 6.45) is -4.99. The number of benzene rings is 2. The maximum Gasteiger partial charge on any atom is 0.416 e. The van der Waals surface area contributed by atoms with Crippen LogP contribution < -0.4 is 5.32 Å². The fourth-order valence-corrected chi connectivity index (χ4v) is 3.02. The SMILES string of the molecule is O=[N+]([O-])c1cc(C(F)(F)F)cc([N+](=O)[O-])c1Nc1nnc(-c2ccccc2)s1. The Kier molecular flexibility index (Phi) is 4.92. The van der Waals surface area contributed by atoms with E-state index in [1.165, 1.54) is 0 Å². The van der Waals surface area contributed by atoms with E-state index in [-0.39, 0.29) is 17.3 Å². The van der Waals surface area contributed by atoms with Crippen LogP contribution in [0.1, 0.15) is 5.56 Å². The fraction of sp³-hybridized carbons (Fsp3) is 0.0667. The minimum Gasteiger partial charge on any atom is -0.319 e. The Balaban J connectivity index is 2.07. The number of nitro benzene ring substituents is 2. The number of aromatic nitrogens is 2. The summed E-state index contributed by atoms with van der Waals surface area (Å²) in [5.74, 6) is 0. The molecule has 13 heteroatoms. The van der Waals surface area contributed by atoms with Gasteiger partial charge in [-0.05, 0) is 0 Å². The van der Waals surface area contributed by atoms with Crippen LogP contribution >= 0.6 is 11.3 Å². The van der Waals surface area contributed by atoms with Crippen LogP contribution in [-0.2, 0) is 6.18 Å². The van der Waals surface area contributed by atoms with Crippen LogP contribution in [0.4, 0.5) is 35.4 Å². The van der Waals surface area contributed by atoms with Crippen molar-refractivity contribution in [2.45, 2.75) is 6.18 Å². The predicted octanol–water partition coefficient (Wildman–Crippen LogP) is 4.78. The van der Waals surface area contributed by atoms with Gasteiger partial charge in [-0.1, -0.05) is 41.7 Å². The molecule has 144 valence electrons. The minimum atomic E-state index is -4.99. The van der Waals surface area contributed by atoms with Crippen molar-refractivity contribution in [2.75, 3.05) is 5.32 Å². The van der Waals surface area contributed by atoms with Gasteiger partial charge in [-0.2, -0.15) is 13.2 Å². The Hall–Kier alpha value is -3.61. The van der Waals surface area contributed by atoms with Crippen molar-refractivity contribution in [1.82, 2.24) is 10.2 Å². The van der Waals surface area contributed by atoms with E-state index in [4.69, 9.17) is 0 Å². The molecule has 0 aliphatic heterocycles. The summed E-state index contributed by atoms with van der Waals surface area (Å²) in [4.78, 5) is 20.2. The molecule has 3 rings (SSSR count). The van der Waals surface area contributed by atoms with Gasteiger partial charge in [-0.25, -0.2) is 0 Å². The molecule has 0 aliphatic carbocycles. The van der Waals surface area contributed by atoms with Gasteiger partial charge in [0.2, 0.25) is 5.13 Å². The molecule has 28 heavy (non-hydrogen) atoms. The third kappa shape index (κ3) is 3.88. The number of hydrogen-bond donors (Lipinski definition) is 1. The molecule has 0 aliphatic rings. The van der Waals surface area contributed by atoms with Gasteiger partial charge in [0.1, 0.15) is 5.01 Å². The first kappa shape index (κ1) is 19.2. The Morgan fingerprint density at radius 2 is 1.54 bits per heavy atom. The molecule has 0 atom stereocenters. The van der Waals surface area contributed by atoms with Crippen molar-refractivity contribution >= 4 is 33.5 Å². The zero-order valence-corrected chi connectivity index (χ0v) is 14.3. The maximum absolute atomic E-state index is 12.9. The second-order valence-corrected chi connectivity index (χ2v) is 6.28. The number of alkyl halides is 3. The van der Waals surface area contributed by atoms with Crippen molar-refractivity contribution in [3.8, 4) is 10.6 Å². The first-order valence-corrected chi connectivity index (χ1v) is 8.18. The first-order valence-electron chi connectivity index (χ1n) is 7.37. The number of hydrogen-bond acceptors (Lipinski definition) is 8. The van der Waals surface area contributed by atoms with Crippen LogP contribution in [-0.4, -0.2) is 20.0 Å². The van der Waals surface area contributed by atoms with Crippen molar-refractivity contribution in [3.05, 3.63) is 68.3 Å². The van der Waals surface area contributed by atoms with Crippen LogP contribution in [0.2, 0.25) is 0 Å². The molecule has 0 saturated carbocycles. The molecule has 1 heterocycles. The lowest BCUT2D eigenvalue weighted by Crippen LogP contribution is -2.09. The molecule has 0 spiro atoms. The summed E-state index contributed by atoms with van der Waals surface area (Å²) in [6, 6.07) is 9.19. The van der Waals surface area contributed by atoms with E-state index < -0.39 is 38.6 Å². The molecule has 3 aromatic rings. The molecule has 0 amide bonds. The lowest BCUT2D eigenvalue weighted by molar-refractivity contribution is -0.392. The largest absolute Gasteiger partial charge is 0.416 e. The predicted molar refractivity (Wildman–Crippen MR) is 93.4 cm³/mol. The number of nitro groups is 2. The normalized spacial score (nSPS) is 11.2. The lowest BCUT2D eigenvalue weighted by Gasteiger charge is -2.10. The molecule has 1 N–H and O–H groups in total. The maximum atomic E-state index is 12.9. The average Bonchev–Trinajstić information content (AvgIpc) is 3.09. The lowest BCUT2D eigenvalue weighted by atomic mass is 10.1. The molecule has 1 aromatic heterocycles. The molecule has 0 fully saturated rings. The zero-order chi connectivity index (χ0) is 20.5. The van der Waals surface area contributed by atoms with Gasteiger partial charge in [0.15, 0.2) is 5.69 Å². The zero-order valence-electron chi connectivity index (χ0n) is 13.5.